The van der Waals surface area contributed by atoms with E-state index in [4.69, 9.17) is 4.74 Å². The number of rotatable bonds is 5. The predicted molar refractivity (Wildman–Crippen MR) is 144 cm³/mol. The molecule has 212 valence electrons. The van der Waals surface area contributed by atoms with Gasteiger partial charge in [-0.1, -0.05) is 48.5 Å². The highest BCUT2D eigenvalue weighted by Crippen LogP contribution is 2.72. The molecule has 5 fully saturated rings. The first-order valence-corrected chi connectivity index (χ1v) is 15.4. The van der Waals surface area contributed by atoms with Crippen molar-refractivity contribution in [2.24, 2.45) is 63.6 Å². The molecule has 5 rings (SSSR count). The summed E-state index contributed by atoms with van der Waals surface area (Å²) in [5.74, 6) is 3.71. The Morgan fingerprint density at radius 2 is 1.57 bits per heavy atom. The van der Waals surface area contributed by atoms with Gasteiger partial charge in [0, 0.05) is 24.7 Å². The van der Waals surface area contributed by atoms with Crippen molar-refractivity contribution < 1.29 is 24.9 Å². The molecule has 0 aromatic rings. The molecule has 5 heteroatoms. The van der Waals surface area contributed by atoms with Gasteiger partial charge < -0.3 is 20.1 Å². The summed E-state index contributed by atoms with van der Waals surface area (Å²) in [6.45, 7) is 18.2. The van der Waals surface area contributed by atoms with Crippen LogP contribution in [0.5, 0.6) is 0 Å². The summed E-state index contributed by atoms with van der Waals surface area (Å²) in [6, 6.07) is 0. The highest BCUT2D eigenvalue weighted by Gasteiger charge is 2.72. The summed E-state index contributed by atoms with van der Waals surface area (Å²) in [4.78, 5) is 12.3. The molecule has 5 aliphatic rings. The van der Waals surface area contributed by atoms with E-state index in [-0.39, 0.29) is 23.7 Å². The zero-order chi connectivity index (χ0) is 27.3. The van der Waals surface area contributed by atoms with Gasteiger partial charge in [0.05, 0.1) is 6.10 Å². The van der Waals surface area contributed by atoms with E-state index in [2.05, 4.69) is 48.5 Å². The molecule has 0 heterocycles. The molecule has 0 bridgehead atoms. The number of hydrogen-bond donors (Lipinski definition) is 3. The normalized spacial score (nSPS) is 54.6. The van der Waals surface area contributed by atoms with Gasteiger partial charge in [-0.2, -0.15) is 0 Å². The van der Waals surface area contributed by atoms with Crippen LogP contribution in [0.15, 0.2) is 0 Å². The summed E-state index contributed by atoms with van der Waals surface area (Å²) in [7, 11) is 0. The van der Waals surface area contributed by atoms with Crippen molar-refractivity contribution in [2.45, 2.75) is 131 Å². The minimum Gasteiger partial charge on any atom is -0.459 e. The lowest BCUT2D eigenvalue weighted by molar-refractivity contribution is -0.300. The molecule has 5 saturated carbocycles. The van der Waals surface area contributed by atoms with Crippen LogP contribution in [0.2, 0.25) is 0 Å². The molecule has 14 atom stereocenters. The maximum atomic E-state index is 12.3. The van der Waals surface area contributed by atoms with E-state index in [1.54, 1.807) is 0 Å². The number of aliphatic hydroxyl groups excluding tert-OH is 2. The van der Waals surface area contributed by atoms with E-state index >= 15 is 0 Å². The van der Waals surface area contributed by atoms with Gasteiger partial charge in [0.1, 0.15) is 17.8 Å². The van der Waals surface area contributed by atoms with Crippen LogP contribution in [0, 0.1) is 63.6 Å². The fourth-order valence-electron chi connectivity index (χ4n) is 11.2. The number of esters is 1. The maximum Gasteiger partial charge on any atom is 0.303 e. The summed E-state index contributed by atoms with van der Waals surface area (Å²) in [5, 5.41) is 34.2. The van der Waals surface area contributed by atoms with Gasteiger partial charge in [0.25, 0.3) is 0 Å². The largest absolute Gasteiger partial charge is 0.459 e. The standard InChI is InChI=1S/C32H54O5/c1-17(2)19(4)30(7)16-25(30)18(3)22-9-10-23-26-24(12-13-29(22,23)6)31(8)14-11-21(34)15-32(31,36)28(35)27(26)37-20(5)33/h17-19,21-28,34-36H,9-16H2,1-8H3/t18-,19+,21-,22+,23?,24?,25+,26?,27+,28+,29+,30+,31+,32-/m0/s1. The number of carbonyl (C=O) groups excluding carboxylic acids is 1. The lowest BCUT2D eigenvalue weighted by Gasteiger charge is -2.67. The molecule has 0 radical (unpaired) electrons. The Labute approximate surface area is 225 Å². The first-order valence-electron chi connectivity index (χ1n) is 15.4. The Morgan fingerprint density at radius 1 is 0.892 bits per heavy atom. The van der Waals surface area contributed by atoms with E-state index in [1.165, 1.54) is 19.8 Å². The molecule has 5 nitrogen and oxygen atoms in total. The second-order valence-corrected chi connectivity index (χ2v) is 15.5. The van der Waals surface area contributed by atoms with Crippen molar-refractivity contribution in [2.75, 3.05) is 0 Å². The Kier molecular flexibility index (Phi) is 6.73. The van der Waals surface area contributed by atoms with Gasteiger partial charge in [-0.15, -0.1) is 0 Å². The second-order valence-electron chi connectivity index (χ2n) is 15.5. The molecule has 0 amide bonds. The molecule has 3 unspecified atom stereocenters. The first-order chi connectivity index (χ1) is 17.1. The van der Waals surface area contributed by atoms with E-state index in [9.17, 15) is 20.1 Å². The molecule has 0 spiro atoms. The van der Waals surface area contributed by atoms with Crippen LogP contribution < -0.4 is 0 Å². The van der Waals surface area contributed by atoms with Crippen LogP contribution in [-0.2, 0) is 9.53 Å². The van der Waals surface area contributed by atoms with Gasteiger partial charge in [0.2, 0.25) is 0 Å². The number of hydrogen-bond acceptors (Lipinski definition) is 5. The fraction of sp³-hybridized carbons (Fsp3) is 0.969. The summed E-state index contributed by atoms with van der Waals surface area (Å²) >= 11 is 0. The van der Waals surface area contributed by atoms with Gasteiger partial charge in [-0.25, -0.2) is 0 Å². The third kappa shape index (κ3) is 3.83. The summed E-state index contributed by atoms with van der Waals surface area (Å²) in [5.41, 5.74) is -1.33. The molecular formula is C32H54O5. The molecule has 0 saturated heterocycles. The minimum atomic E-state index is -1.44. The van der Waals surface area contributed by atoms with Crippen LogP contribution in [0.4, 0.5) is 0 Å². The molecule has 5 aliphatic carbocycles. The molecular weight excluding hydrogens is 464 g/mol. The smallest absolute Gasteiger partial charge is 0.303 e. The van der Waals surface area contributed by atoms with Crippen molar-refractivity contribution in [1.82, 2.24) is 0 Å². The molecule has 0 aromatic carbocycles. The van der Waals surface area contributed by atoms with Crippen molar-refractivity contribution in [3.63, 3.8) is 0 Å². The fourth-order valence-corrected chi connectivity index (χ4v) is 11.2. The zero-order valence-electron chi connectivity index (χ0n) is 24.7. The third-order valence-electron chi connectivity index (χ3n) is 13.9. The summed E-state index contributed by atoms with van der Waals surface area (Å²) in [6.07, 6.45) is 4.77. The minimum absolute atomic E-state index is 0.0514. The number of fused-ring (bicyclic) bond motifs is 5. The highest BCUT2D eigenvalue weighted by molar-refractivity contribution is 5.66. The lowest BCUT2D eigenvalue weighted by Crippen LogP contribution is -2.73. The Balaban J connectivity index is 1.46. The van der Waals surface area contributed by atoms with Crippen LogP contribution in [-0.4, -0.2) is 45.2 Å². The van der Waals surface area contributed by atoms with E-state index in [0.717, 1.165) is 31.1 Å². The van der Waals surface area contributed by atoms with E-state index in [0.29, 0.717) is 41.9 Å². The quantitative estimate of drug-likeness (QED) is 0.413. The topological polar surface area (TPSA) is 87.0 Å². The van der Waals surface area contributed by atoms with E-state index < -0.39 is 35.3 Å². The average molecular weight is 519 g/mol. The van der Waals surface area contributed by atoms with Gasteiger partial charge in [-0.05, 0) is 97.2 Å². The van der Waals surface area contributed by atoms with Crippen molar-refractivity contribution in [3.05, 3.63) is 0 Å². The van der Waals surface area contributed by atoms with Crippen LogP contribution in [0.3, 0.4) is 0 Å². The monoisotopic (exact) mass is 518 g/mol. The van der Waals surface area contributed by atoms with E-state index in [1.807, 2.05) is 0 Å². The van der Waals surface area contributed by atoms with Crippen LogP contribution in [0.1, 0.15) is 107 Å². The highest BCUT2D eigenvalue weighted by atomic mass is 16.6. The Bertz CT molecular complexity index is 904. The predicted octanol–water partition coefficient (Wildman–Crippen LogP) is 5.59. The molecule has 3 N–H and O–H groups in total. The third-order valence-corrected chi connectivity index (χ3v) is 13.9. The van der Waals surface area contributed by atoms with Gasteiger partial charge in [-0.3, -0.25) is 4.79 Å². The van der Waals surface area contributed by atoms with Crippen molar-refractivity contribution in [3.8, 4) is 0 Å². The second kappa shape index (κ2) is 8.93. The van der Waals surface area contributed by atoms with Crippen LogP contribution >= 0.6 is 0 Å². The Morgan fingerprint density at radius 3 is 2.19 bits per heavy atom. The maximum absolute atomic E-state index is 12.3. The summed E-state index contributed by atoms with van der Waals surface area (Å²) < 4.78 is 5.94. The molecule has 37 heavy (non-hydrogen) atoms. The number of carbonyl (C=O) groups is 1. The molecule has 0 aromatic heterocycles. The van der Waals surface area contributed by atoms with Gasteiger partial charge >= 0.3 is 5.97 Å². The number of aliphatic hydroxyl groups is 3. The van der Waals surface area contributed by atoms with Crippen LogP contribution in [0.25, 0.3) is 0 Å². The average Bonchev–Trinajstić information content (AvgIpc) is 3.39. The molecule has 0 aliphatic heterocycles. The Hall–Kier alpha value is -0.650. The zero-order valence-corrected chi connectivity index (χ0v) is 24.7. The first kappa shape index (κ1) is 27.9. The lowest BCUT2D eigenvalue weighted by atomic mass is 9.41. The van der Waals surface area contributed by atoms with Crippen molar-refractivity contribution >= 4 is 5.97 Å². The van der Waals surface area contributed by atoms with Gasteiger partial charge in [0.15, 0.2) is 0 Å². The van der Waals surface area contributed by atoms with Crippen molar-refractivity contribution in [1.29, 1.82) is 0 Å². The number of ether oxygens (including phenoxy) is 1. The SMILES string of the molecule is CC(=O)O[C@@H]1C2C3CC[C@H]([C@H](C)[C@H]4C[C@]4(C)[C@H](C)C(C)C)[C@@]3(C)CCC2[C@@]2(C)CC[C@H](O)C[C@]2(O)[C@@H]1O.